The Labute approximate surface area is 876 Å². The summed E-state index contributed by atoms with van der Waals surface area (Å²) >= 11 is 10.2. The van der Waals surface area contributed by atoms with Crippen LogP contribution in [0.25, 0.3) is 45.3 Å². The topological polar surface area (TPSA) is 369 Å². The summed E-state index contributed by atoms with van der Waals surface area (Å²) in [5.41, 5.74) is 18.8. The van der Waals surface area contributed by atoms with E-state index < -0.39 is 29.9 Å². The molecule has 19 rings (SSSR count). The predicted molar refractivity (Wildman–Crippen MR) is 576 cm³/mol. The zero-order valence-electron chi connectivity index (χ0n) is 80.1. The van der Waals surface area contributed by atoms with Gasteiger partial charge in [-0.15, -0.1) is 20.4 Å². The molecule has 1 radical (unpaired) electrons. The average molecular weight is 2140 g/mol. The number of aromatic nitrogens is 8. The van der Waals surface area contributed by atoms with Crippen LogP contribution in [0.15, 0.2) is 349 Å². The first kappa shape index (κ1) is 111. The summed E-state index contributed by atoms with van der Waals surface area (Å²) in [4.78, 5) is 3.05. The van der Waals surface area contributed by atoms with E-state index in [4.69, 9.17) is 64.9 Å². The Hall–Kier alpha value is -14.3. The van der Waals surface area contributed by atoms with Crippen molar-refractivity contribution in [2.45, 2.75) is 116 Å². The molecule has 15 aromatic rings. The fourth-order valence-electron chi connectivity index (χ4n) is 15.5. The van der Waals surface area contributed by atoms with Crippen LogP contribution in [-0.4, -0.2) is 137 Å². The van der Waals surface area contributed by atoms with Crippen LogP contribution < -0.4 is 29.9 Å². The van der Waals surface area contributed by atoms with Gasteiger partial charge in [-0.25, -0.2) is 0 Å². The Morgan fingerprint density at radius 1 is 0.422 bits per heavy atom. The van der Waals surface area contributed by atoms with E-state index in [-0.39, 0.29) is 19.0 Å². The molecule has 749 valence electrons. The van der Waals surface area contributed by atoms with E-state index in [9.17, 15) is 21.6 Å². The second-order valence-electron chi connectivity index (χ2n) is 33.2. The molecule has 147 heavy (non-hydrogen) atoms. The van der Waals surface area contributed by atoms with Gasteiger partial charge in [-0.3, -0.25) is 0 Å². The summed E-state index contributed by atoms with van der Waals surface area (Å²) in [5, 5.41) is 104. The normalized spacial score (nSPS) is 12.3. The number of benzene rings is 13. The van der Waals surface area contributed by atoms with Gasteiger partial charge in [-0.1, -0.05) is 287 Å². The average Bonchev–Trinajstić information content (AvgIpc) is 1.23. The summed E-state index contributed by atoms with van der Waals surface area (Å²) < 4.78 is 92.0. The number of thiol groups is 1. The van der Waals surface area contributed by atoms with Crippen LogP contribution in [-0.2, 0) is 79.5 Å². The molecule has 0 saturated carbocycles. The molecule has 0 aliphatic heterocycles. The molecule has 4 aliphatic rings. The van der Waals surface area contributed by atoms with Crippen molar-refractivity contribution in [1.82, 2.24) is 40.4 Å². The number of halogens is 5. The summed E-state index contributed by atoms with van der Waals surface area (Å²) in [5.74, 6) is 4.13. The van der Waals surface area contributed by atoms with Gasteiger partial charge in [0.05, 0.1) is 36.4 Å². The van der Waals surface area contributed by atoms with E-state index in [0.717, 1.165) is 101 Å². The van der Waals surface area contributed by atoms with Crippen molar-refractivity contribution in [2.24, 2.45) is 4.30 Å². The maximum absolute atomic E-state index is 12.5. The van der Waals surface area contributed by atoms with Crippen molar-refractivity contribution < 1.29 is 80.1 Å². The molecular formula is C112H106B3Br2F3N11O14S2. The second-order valence-corrected chi connectivity index (χ2v) is 36.8. The van der Waals surface area contributed by atoms with Crippen LogP contribution in [0.4, 0.5) is 13.2 Å². The Morgan fingerprint density at radius 3 is 1.10 bits per heavy atom. The molecule has 4 aliphatic carbocycles. The van der Waals surface area contributed by atoms with Gasteiger partial charge in [0.25, 0.3) is 0 Å². The van der Waals surface area contributed by atoms with Gasteiger partial charge < -0.3 is 58.5 Å². The minimum atomic E-state index is -5.70. The molecule has 25 nitrogen and oxygen atoms in total. The fraction of sp³-hybridized carbons (Fsp3) is 0.196. The fourth-order valence-corrected chi connectivity index (χ4v) is 16.9. The number of aryl methyl sites for hydroxylation is 6. The Morgan fingerprint density at radius 2 is 0.748 bits per heavy atom. The summed E-state index contributed by atoms with van der Waals surface area (Å²) in [6.45, 7) is 3.69. The number of hydrogen-bond acceptors (Lipinski definition) is 24. The van der Waals surface area contributed by atoms with Gasteiger partial charge in [-0.2, -0.15) is 41.7 Å². The molecule has 0 bridgehead atoms. The van der Waals surface area contributed by atoms with Crippen molar-refractivity contribution in [3.63, 3.8) is 0 Å². The standard InChI is InChI=1S/C27H25BrN4O2.C27H26N4O2.C24H19NO.C18H15F3O4S.C7H6BNO2.C6H7BO2.C3H7BrO.BHNS/c28-25-14-11-22-17-23(34-18-19-5-2-1-3-6-19)12-13-24(22)26(25)20-7-9-21(10-8-20)27-29-31-32(30-27)15-4-16-33;32-17-5-16-31-29-27(28-30-31)22-12-10-21(11-13-22)25-9-4-8-23-18-24(14-15-26(23)25)33-19-20-6-2-1-3-7-20;25-16-18-9-11-20(12-10-18)23-8-4-7-21-15-22(13-14-24(21)23)26-17-19-5-2-1-3-6-19;19-18(20,21)26(22,23)25-17-8-4-7-14-11-15(9-10-16(14)17)24-12-13-5-2-1-3-6-13;9-5-6-1-3-7(4-2-6)8(10)11;8-7(9)6-4-2-1-3-5-6;4-2-1-3-5;1-2-3/h1-3,5-10,12-13,17,33H,4,11,14-16,18H2;1-3,6-7,9-15,18,32H,4-5,8,16-17,19H2;1-3,5-6,8-15H,4,7,17H2;1-3,5-6,8-11H,4,7,12H2;1-4,10-11H;1-5,8-9H;5H,1-3H2;3H. The molecule has 35 heteroatoms. The van der Waals surface area contributed by atoms with Crippen LogP contribution in [0.2, 0.25) is 0 Å². The Bertz CT molecular complexity index is 7070. The molecule has 0 atom stereocenters. The molecule has 7 N–H and O–H groups in total. The molecule has 2 aromatic heterocycles. The van der Waals surface area contributed by atoms with Gasteiger partial charge >= 0.3 is 54.6 Å². The molecule has 0 fully saturated rings. The number of rotatable bonds is 29. The van der Waals surface area contributed by atoms with Gasteiger partial charge in [0.15, 0.2) is 0 Å². The van der Waals surface area contributed by atoms with Gasteiger partial charge in [0.2, 0.25) is 11.6 Å². The van der Waals surface area contributed by atoms with E-state index in [0.29, 0.717) is 122 Å². The zero-order valence-corrected chi connectivity index (χ0v) is 84.9. The maximum atomic E-state index is 12.5. The first-order valence-electron chi connectivity index (χ1n) is 47.2. The predicted octanol–water partition coefficient (Wildman–Crippen LogP) is 19.6. The molecule has 0 unspecified atom stereocenters. The minimum absolute atomic E-state index is 0.109. The number of aliphatic hydroxyl groups is 3. The van der Waals surface area contributed by atoms with E-state index in [2.05, 4.69) is 219 Å². The van der Waals surface area contributed by atoms with Gasteiger partial charge in [0.1, 0.15) is 55.2 Å². The van der Waals surface area contributed by atoms with Crippen molar-refractivity contribution in [2.75, 3.05) is 25.2 Å². The van der Waals surface area contributed by atoms with Crippen molar-refractivity contribution in [3.8, 4) is 57.9 Å². The first-order valence-corrected chi connectivity index (χ1v) is 50.9. The summed E-state index contributed by atoms with van der Waals surface area (Å²) in [6, 6.07) is 107. The third kappa shape index (κ3) is 34.2. The summed E-state index contributed by atoms with van der Waals surface area (Å²) in [7, 11) is -4.16. The third-order valence-electron chi connectivity index (χ3n) is 22.9. The van der Waals surface area contributed by atoms with Crippen molar-refractivity contribution >= 4 is 110 Å². The van der Waals surface area contributed by atoms with Crippen LogP contribution in [0.3, 0.4) is 0 Å². The third-order valence-corrected chi connectivity index (χ3v) is 25.2. The quantitative estimate of drug-likeness (QED) is 0.00709. The number of fused-ring (bicyclic) bond motifs is 4. The number of aliphatic hydroxyl groups excluding tert-OH is 3. The van der Waals surface area contributed by atoms with Crippen LogP contribution in [0.5, 0.6) is 23.0 Å². The monoisotopic (exact) mass is 2140 g/mol. The molecule has 13 aromatic carbocycles. The molecule has 2 heterocycles. The number of alkyl halides is 4. The number of ether oxygens (including phenoxy) is 4. The number of nitriles is 2. The van der Waals surface area contributed by atoms with Gasteiger partial charge in [0, 0.05) is 46.3 Å². The Balaban J connectivity index is 0.000000160. The molecule has 0 spiro atoms. The molecule has 0 saturated heterocycles. The van der Waals surface area contributed by atoms with E-state index >= 15 is 0 Å². The number of allylic oxidation sites excluding steroid dienone is 4. The second kappa shape index (κ2) is 58.2. The molecule has 0 amide bonds. The van der Waals surface area contributed by atoms with Crippen LogP contribution in [0, 0.1) is 22.7 Å². The van der Waals surface area contributed by atoms with Crippen molar-refractivity contribution in [3.05, 3.63) is 439 Å². The number of hydrogen-bond donors (Lipinski definition) is 8. The zero-order chi connectivity index (χ0) is 104. The molecular weight excluding hydrogens is 2040 g/mol. The van der Waals surface area contributed by atoms with Gasteiger partial charge in [-0.05, 0) is 272 Å². The van der Waals surface area contributed by atoms with Crippen LogP contribution >= 0.6 is 44.7 Å². The number of nitrogens with zero attached hydrogens (tertiary/aromatic N) is 11. The SMILES string of the molecule is N#Cc1ccc(B(O)O)cc1.N#Cc1ccc(C2=CCCc3cc(OCc4ccccc4)ccc32)cc1.O=S(=O)(OC1=CCCc2cc(OCc3ccccc3)ccc21)C(F)(F)F.OB(O)c1ccccc1.OCCCBr.OCCCn1nnc(-c2ccc(C3=C(Br)CCc4cc(OCc5ccccc5)ccc43)cc2)n1.OCCCn1nnc(-c2ccc(C3=CCCc4cc(OCc5ccccc5)ccc43)cc2)n1.[B]=NS. The first-order chi connectivity index (χ1) is 71.5. The van der Waals surface area contributed by atoms with Crippen LogP contribution in [0.1, 0.15) is 140 Å². The van der Waals surface area contributed by atoms with E-state index in [1.54, 1.807) is 36.4 Å². The van der Waals surface area contributed by atoms with E-state index in [1.807, 2.05) is 152 Å². The number of tetrazole rings is 2. The van der Waals surface area contributed by atoms with E-state index in [1.165, 1.54) is 117 Å². The Kier molecular flexibility index (Phi) is 44.1. The summed E-state index contributed by atoms with van der Waals surface area (Å²) in [6.07, 6.45) is 14.9. The van der Waals surface area contributed by atoms with Crippen molar-refractivity contribution in [1.29, 1.82) is 10.5 Å².